The Hall–Kier alpha value is -1.12. The van der Waals surface area contributed by atoms with Crippen LogP contribution in [0.3, 0.4) is 0 Å². The lowest BCUT2D eigenvalue weighted by atomic mass is 9.94. The summed E-state index contributed by atoms with van der Waals surface area (Å²) in [7, 11) is 0. The van der Waals surface area contributed by atoms with Crippen LogP contribution in [-0.2, 0) is 0 Å². The van der Waals surface area contributed by atoms with Gasteiger partial charge in [0, 0.05) is 19.3 Å². The molecule has 15 heavy (non-hydrogen) atoms. The first-order valence-electron chi connectivity index (χ1n) is 5.39. The van der Waals surface area contributed by atoms with Crippen LogP contribution in [0.15, 0.2) is 24.8 Å². The van der Waals surface area contributed by atoms with Crippen molar-refractivity contribution in [1.82, 2.24) is 10.6 Å². The van der Waals surface area contributed by atoms with E-state index < -0.39 is 0 Å². The highest BCUT2D eigenvalue weighted by molar-refractivity contribution is 5.71. The van der Waals surface area contributed by atoms with Gasteiger partial charge in [0.25, 0.3) is 0 Å². The molecule has 1 heterocycles. The second-order valence-electron chi connectivity index (χ2n) is 4.16. The lowest BCUT2D eigenvalue weighted by molar-refractivity contribution is 0.763. The van der Waals surface area contributed by atoms with Crippen LogP contribution in [0.1, 0.15) is 16.7 Å². The van der Waals surface area contributed by atoms with Crippen molar-refractivity contribution >= 4 is 5.57 Å². The first-order valence-corrected chi connectivity index (χ1v) is 5.39. The third-order valence-electron chi connectivity index (χ3n) is 3.19. The lowest BCUT2D eigenvalue weighted by Crippen LogP contribution is -2.25. The first-order chi connectivity index (χ1) is 7.20. The Bertz CT molecular complexity index is 376. The zero-order chi connectivity index (χ0) is 10.8. The molecule has 0 aliphatic carbocycles. The monoisotopic (exact) mass is 202 g/mol. The highest BCUT2D eigenvalue weighted by Gasteiger charge is 2.18. The average Bonchev–Trinajstić information content (AvgIpc) is 2.74. The van der Waals surface area contributed by atoms with Crippen LogP contribution in [0.2, 0.25) is 0 Å². The summed E-state index contributed by atoms with van der Waals surface area (Å²) in [5.74, 6) is 0. The molecule has 1 atom stereocenters. The Morgan fingerprint density at radius 1 is 1.40 bits per heavy atom. The Morgan fingerprint density at radius 3 is 2.87 bits per heavy atom. The largest absolute Gasteiger partial charge is 0.303 e. The Kier molecular flexibility index (Phi) is 2.89. The van der Waals surface area contributed by atoms with Gasteiger partial charge >= 0.3 is 0 Å². The van der Waals surface area contributed by atoms with Gasteiger partial charge in [0.15, 0.2) is 0 Å². The highest BCUT2D eigenvalue weighted by atomic mass is 15.2. The summed E-state index contributed by atoms with van der Waals surface area (Å²) in [5.41, 5.74) is 5.16. The van der Waals surface area contributed by atoms with Crippen molar-refractivity contribution in [3.05, 3.63) is 41.5 Å². The van der Waals surface area contributed by atoms with Crippen molar-refractivity contribution in [3.8, 4) is 0 Å². The number of rotatable bonds is 2. The summed E-state index contributed by atoms with van der Waals surface area (Å²) < 4.78 is 0. The van der Waals surface area contributed by atoms with Crippen molar-refractivity contribution in [2.24, 2.45) is 0 Å². The van der Waals surface area contributed by atoms with Crippen LogP contribution in [-0.4, -0.2) is 19.3 Å². The van der Waals surface area contributed by atoms with Crippen LogP contribution in [0.5, 0.6) is 0 Å². The molecular formula is C13H18N2. The second kappa shape index (κ2) is 4.17. The van der Waals surface area contributed by atoms with Gasteiger partial charge in [-0.05, 0) is 36.1 Å². The van der Waals surface area contributed by atoms with E-state index in [1.54, 1.807) is 0 Å². The third-order valence-corrected chi connectivity index (χ3v) is 3.19. The van der Waals surface area contributed by atoms with Crippen molar-refractivity contribution in [3.63, 3.8) is 0 Å². The van der Waals surface area contributed by atoms with Crippen LogP contribution in [0, 0.1) is 13.8 Å². The fraction of sp³-hybridized carbons (Fsp3) is 0.385. The Balaban J connectivity index is 2.28. The minimum atomic E-state index is 0.380. The number of hydrogen-bond acceptors (Lipinski definition) is 2. The van der Waals surface area contributed by atoms with E-state index >= 15 is 0 Å². The molecule has 1 saturated heterocycles. The molecule has 0 spiro atoms. The molecule has 2 N–H and O–H groups in total. The van der Waals surface area contributed by atoms with Gasteiger partial charge in [-0.15, -0.1) is 0 Å². The van der Waals surface area contributed by atoms with Gasteiger partial charge < -0.3 is 5.32 Å². The molecular weight excluding hydrogens is 184 g/mol. The first kappa shape index (κ1) is 10.4. The number of nitrogens with one attached hydrogen (secondary N) is 2. The van der Waals surface area contributed by atoms with Crippen LogP contribution < -0.4 is 10.6 Å². The molecule has 1 fully saturated rings. The van der Waals surface area contributed by atoms with Crippen LogP contribution in [0.4, 0.5) is 0 Å². The minimum Gasteiger partial charge on any atom is -0.303 e. The summed E-state index contributed by atoms with van der Waals surface area (Å²) in [6, 6.07) is 6.79. The van der Waals surface area contributed by atoms with Gasteiger partial charge in [-0.25, -0.2) is 0 Å². The summed E-state index contributed by atoms with van der Waals surface area (Å²) >= 11 is 0. The summed E-state index contributed by atoms with van der Waals surface area (Å²) in [4.78, 5) is 0. The maximum absolute atomic E-state index is 4.21. The van der Waals surface area contributed by atoms with Gasteiger partial charge in [0.05, 0.1) is 0 Å². The molecule has 0 amide bonds. The number of benzene rings is 1. The molecule has 2 rings (SSSR count). The summed E-state index contributed by atoms with van der Waals surface area (Å²) in [6.45, 7) is 10.4. The van der Waals surface area contributed by atoms with E-state index in [-0.39, 0.29) is 0 Å². The quantitative estimate of drug-likeness (QED) is 0.764. The van der Waals surface area contributed by atoms with Gasteiger partial charge in [0.1, 0.15) is 0 Å². The zero-order valence-electron chi connectivity index (χ0n) is 9.43. The number of aryl methyl sites for hydroxylation is 1. The second-order valence-corrected chi connectivity index (χ2v) is 4.16. The van der Waals surface area contributed by atoms with E-state index in [2.05, 4.69) is 49.3 Å². The predicted octanol–water partition coefficient (Wildman–Crippen LogP) is 1.84. The fourth-order valence-electron chi connectivity index (χ4n) is 2.02. The summed E-state index contributed by atoms with van der Waals surface area (Å²) in [5, 5.41) is 6.68. The predicted molar refractivity (Wildman–Crippen MR) is 64.7 cm³/mol. The minimum absolute atomic E-state index is 0.380. The van der Waals surface area contributed by atoms with E-state index in [0.717, 1.165) is 13.2 Å². The smallest absolute Gasteiger partial charge is 0.0460 e. The molecule has 1 aromatic rings. The molecule has 2 nitrogen and oxygen atoms in total. The van der Waals surface area contributed by atoms with Crippen molar-refractivity contribution in [1.29, 1.82) is 0 Å². The van der Waals surface area contributed by atoms with Gasteiger partial charge in [-0.2, -0.15) is 0 Å². The van der Waals surface area contributed by atoms with E-state index in [0.29, 0.717) is 6.04 Å². The molecule has 1 unspecified atom stereocenters. The molecule has 1 aliphatic rings. The lowest BCUT2D eigenvalue weighted by Gasteiger charge is -2.16. The SMILES string of the molecule is C=C(c1cccc(C)c1C)C1CNCN1. The Labute approximate surface area is 91.4 Å². The van der Waals surface area contributed by atoms with Crippen LogP contribution >= 0.6 is 0 Å². The van der Waals surface area contributed by atoms with E-state index in [1.165, 1.54) is 22.3 Å². The van der Waals surface area contributed by atoms with Gasteiger partial charge in [0.2, 0.25) is 0 Å². The molecule has 0 bridgehead atoms. The van der Waals surface area contributed by atoms with E-state index in [4.69, 9.17) is 0 Å². The Morgan fingerprint density at radius 2 is 2.20 bits per heavy atom. The van der Waals surface area contributed by atoms with Gasteiger partial charge in [-0.3, -0.25) is 5.32 Å². The highest BCUT2D eigenvalue weighted by Crippen LogP contribution is 2.23. The standard InChI is InChI=1S/C13H18N2/c1-9-5-4-6-12(10(9)2)11(3)13-7-14-8-15-13/h4-6,13-15H,3,7-8H2,1-2H3. The molecule has 0 aromatic heterocycles. The zero-order valence-corrected chi connectivity index (χ0v) is 9.43. The average molecular weight is 202 g/mol. The van der Waals surface area contributed by atoms with Crippen molar-refractivity contribution < 1.29 is 0 Å². The molecule has 0 radical (unpaired) electrons. The third kappa shape index (κ3) is 1.96. The van der Waals surface area contributed by atoms with Gasteiger partial charge in [-0.1, -0.05) is 24.8 Å². The molecule has 80 valence electrons. The molecule has 1 aromatic carbocycles. The molecule has 2 heteroatoms. The topological polar surface area (TPSA) is 24.1 Å². The molecule has 0 saturated carbocycles. The molecule has 1 aliphatic heterocycles. The van der Waals surface area contributed by atoms with E-state index in [9.17, 15) is 0 Å². The van der Waals surface area contributed by atoms with Crippen LogP contribution in [0.25, 0.3) is 5.57 Å². The van der Waals surface area contributed by atoms with E-state index in [1.807, 2.05) is 0 Å². The maximum Gasteiger partial charge on any atom is 0.0460 e. The number of hydrogen-bond donors (Lipinski definition) is 2. The fourth-order valence-corrected chi connectivity index (χ4v) is 2.02. The maximum atomic E-state index is 4.21. The van der Waals surface area contributed by atoms with Crippen molar-refractivity contribution in [2.75, 3.05) is 13.2 Å². The summed E-state index contributed by atoms with van der Waals surface area (Å²) in [6.07, 6.45) is 0. The van der Waals surface area contributed by atoms with Crippen molar-refractivity contribution in [2.45, 2.75) is 19.9 Å². The normalized spacial score (nSPS) is 20.5.